The van der Waals surface area contributed by atoms with Crippen molar-refractivity contribution in [2.75, 3.05) is 0 Å². The molecule has 3 rings (SSSR count). The zero-order chi connectivity index (χ0) is 17.2. The molecule has 1 heterocycles. The molecule has 0 saturated carbocycles. The van der Waals surface area contributed by atoms with E-state index in [1.165, 1.54) is 22.3 Å². The number of aryl methyl sites for hydroxylation is 1. The topological polar surface area (TPSA) is 12.9 Å². The molecular formula is C23H25N. The SMILES string of the molecule is Cc1cccc(C(c2ccc(C(C)(C)C)cc2)c2ccccn2)c1. The van der Waals surface area contributed by atoms with E-state index in [-0.39, 0.29) is 11.3 Å². The number of aromatic nitrogens is 1. The Morgan fingerprint density at radius 2 is 1.54 bits per heavy atom. The number of nitrogens with zero attached hydrogens (tertiary/aromatic N) is 1. The third-order valence-electron chi connectivity index (χ3n) is 4.47. The number of rotatable bonds is 3. The van der Waals surface area contributed by atoms with Crippen molar-refractivity contribution in [3.8, 4) is 0 Å². The van der Waals surface area contributed by atoms with Gasteiger partial charge >= 0.3 is 0 Å². The van der Waals surface area contributed by atoms with Crippen LogP contribution in [0.15, 0.2) is 72.9 Å². The average molecular weight is 315 g/mol. The van der Waals surface area contributed by atoms with Gasteiger partial charge in [0, 0.05) is 6.20 Å². The molecule has 0 saturated heterocycles. The van der Waals surface area contributed by atoms with Crippen LogP contribution in [0.5, 0.6) is 0 Å². The summed E-state index contributed by atoms with van der Waals surface area (Å²) in [5, 5.41) is 0. The van der Waals surface area contributed by atoms with Crippen LogP contribution in [-0.4, -0.2) is 4.98 Å². The lowest BCUT2D eigenvalue weighted by molar-refractivity contribution is 0.590. The van der Waals surface area contributed by atoms with Crippen molar-refractivity contribution < 1.29 is 0 Å². The highest BCUT2D eigenvalue weighted by Gasteiger charge is 2.19. The number of benzene rings is 2. The largest absolute Gasteiger partial charge is 0.260 e. The first-order valence-corrected chi connectivity index (χ1v) is 8.53. The standard InChI is InChI=1S/C23H25N/c1-17-8-7-9-19(16-17)22(21-10-5-6-15-24-21)18-11-13-20(14-12-18)23(2,3)4/h5-16,22H,1-4H3. The van der Waals surface area contributed by atoms with Gasteiger partial charge < -0.3 is 0 Å². The Kier molecular flexibility index (Phi) is 4.53. The lowest BCUT2D eigenvalue weighted by Crippen LogP contribution is -2.11. The summed E-state index contributed by atoms with van der Waals surface area (Å²) in [6.45, 7) is 8.89. The van der Waals surface area contributed by atoms with Crippen LogP contribution in [0.1, 0.15) is 54.6 Å². The van der Waals surface area contributed by atoms with E-state index in [0.29, 0.717) is 0 Å². The van der Waals surface area contributed by atoms with Crippen LogP contribution >= 0.6 is 0 Å². The normalized spacial score (nSPS) is 12.8. The first-order valence-electron chi connectivity index (χ1n) is 8.53. The van der Waals surface area contributed by atoms with Crippen molar-refractivity contribution in [2.24, 2.45) is 0 Å². The van der Waals surface area contributed by atoms with Crippen molar-refractivity contribution in [1.29, 1.82) is 0 Å². The van der Waals surface area contributed by atoms with E-state index in [2.05, 4.69) is 93.3 Å². The van der Waals surface area contributed by atoms with E-state index >= 15 is 0 Å². The van der Waals surface area contributed by atoms with E-state index in [4.69, 9.17) is 0 Å². The molecule has 3 aromatic rings. The van der Waals surface area contributed by atoms with Gasteiger partial charge in [-0.3, -0.25) is 4.98 Å². The zero-order valence-corrected chi connectivity index (χ0v) is 15.0. The van der Waals surface area contributed by atoms with Gasteiger partial charge in [-0.15, -0.1) is 0 Å². The van der Waals surface area contributed by atoms with E-state index in [1.54, 1.807) is 0 Å². The lowest BCUT2D eigenvalue weighted by Gasteiger charge is -2.22. The maximum absolute atomic E-state index is 4.63. The molecule has 0 aliphatic heterocycles. The number of hydrogen-bond acceptors (Lipinski definition) is 1. The third kappa shape index (κ3) is 3.56. The maximum atomic E-state index is 4.63. The summed E-state index contributed by atoms with van der Waals surface area (Å²) in [6.07, 6.45) is 1.88. The molecule has 1 unspecified atom stereocenters. The highest BCUT2D eigenvalue weighted by Crippen LogP contribution is 2.32. The highest BCUT2D eigenvalue weighted by atomic mass is 14.7. The molecule has 1 heteroatoms. The van der Waals surface area contributed by atoms with Gasteiger partial charge in [0.15, 0.2) is 0 Å². The predicted octanol–water partition coefficient (Wildman–Crippen LogP) is 5.87. The smallest absolute Gasteiger partial charge is 0.0522 e. The number of pyridine rings is 1. The molecule has 122 valence electrons. The fourth-order valence-electron chi connectivity index (χ4n) is 3.11. The summed E-state index contributed by atoms with van der Waals surface area (Å²) in [5.41, 5.74) is 6.47. The summed E-state index contributed by atoms with van der Waals surface area (Å²) < 4.78 is 0. The van der Waals surface area contributed by atoms with Crippen LogP contribution in [0.2, 0.25) is 0 Å². The molecule has 24 heavy (non-hydrogen) atoms. The second-order valence-corrected chi connectivity index (χ2v) is 7.47. The fraction of sp³-hybridized carbons (Fsp3) is 0.261. The molecular weight excluding hydrogens is 290 g/mol. The Morgan fingerprint density at radius 1 is 0.792 bits per heavy atom. The molecule has 0 aliphatic rings. The van der Waals surface area contributed by atoms with Gasteiger partial charge in [-0.1, -0.05) is 80.9 Å². The molecule has 0 fully saturated rings. The van der Waals surface area contributed by atoms with Crippen LogP contribution < -0.4 is 0 Å². The predicted molar refractivity (Wildman–Crippen MR) is 102 cm³/mol. The molecule has 0 spiro atoms. The van der Waals surface area contributed by atoms with Gasteiger partial charge in [-0.2, -0.15) is 0 Å². The first kappa shape index (κ1) is 16.4. The number of hydrogen-bond donors (Lipinski definition) is 0. The monoisotopic (exact) mass is 315 g/mol. The Labute approximate surface area is 145 Å². The molecule has 0 bridgehead atoms. The van der Waals surface area contributed by atoms with Crippen LogP contribution in [0.25, 0.3) is 0 Å². The Morgan fingerprint density at radius 3 is 2.12 bits per heavy atom. The van der Waals surface area contributed by atoms with Crippen molar-refractivity contribution in [3.05, 3.63) is 101 Å². The Bertz CT molecular complexity index is 795. The zero-order valence-electron chi connectivity index (χ0n) is 15.0. The maximum Gasteiger partial charge on any atom is 0.0522 e. The molecule has 0 amide bonds. The van der Waals surface area contributed by atoms with Gasteiger partial charge in [-0.25, -0.2) is 0 Å². The quantitative estimate of drug-likeness (QED) is 0.589. The van der Waals surface area contributed by atoms with E-state index in [0.717, 1.165) is 5.69 Å². The van der Waals surface area contributed by atoms with Gasteiger partial charge in [-0.05, 0) is 41.2 Å². The van der Waals surface area contributed by atoms with E-state index in [9.17, 15) is 0 Å². The van der Waals surface area contributed by atoms with Crippen LogP contribution in [-0.2, 0) is 5.41 Å². The van der Waals surface area contributed by atoms with Gasteiger partial charge in [0.1, 0.15) is 0 Å². The molecule has 2 aromatic carbocycles. The summed E-state index contributed by atoms with van der Waals surface area (Å²) in [5.74, 6) is 0.167. The summed E-state index contributed by atoms with van der Waals surface area (Å²) in [4.78, 5) is 4.63. The summed E-state index contributed by atoms with van der Waals surface area (Å²) in [7, 11) is 0. The first-order chi connectivity index (χ1) is 11.4. The van der Waals surface area contributed by atoms with Crippen LogP contribution in [0.4, 0.5) is 0 Å². The van der Waals surface area contributed by atoms with Crippen molar-refractivity contribution in [3.63, 3.8) is 0 Å². The van der Waals surface area contributed by atoms with Gasteiger partial charge in [0.25, 0.3) is 0 Å². The molecule has 1 nitrogen and oxygen atoms in total. The minimum absolute atomic E-state index is 0.167. The lowest BCUT2D eigenvalue weighted by atomic mass is 9.83. The van der Waals surface area contributed by atoms with Crippen LogP contribution in [0, 0.1) is 6.92 Å². The van der Waals surface area contributed by atoms with Crippen LogP contribution in [0.3, 0.4) is 0 Å². The molecule has 0 aliphatic carbocycles. The molecule has 0 radical (unpaired) electrons. The molecule has 1 atom stereocenters. The minimum atomic E-state index is 0.167. The summed E-state index contributed by atoms with van der Waals surface area (Å²) in [6, 6.07) is 23.9. The van der Waals surface area contributed by atoms with Crippen molar-refractivity contribution >= 4 is 0 Å². The Balaban J connectivity index is 2.08. The minimum Gasteiger partial charge on any atom is -0.260 e. The van der Waals surface area contributed by atoms with E-state index < -0.39 is 0 Å². The molecule has 0 N–H and O–H groups in total. The highest BCUT2D eigenvalue weighted by molar-refractivity contribution is 5.43. The second-order valence-electron chi connectivity index (χ2n) is 7.47. The molecule has 1 aromatic heterocycles. The third-order valence-corrected chi connectivity index (χ3v) is 4.47. The van der Waals surface area contributed by atoms with E-state index in [1.807, 2.05) is 12.3 Å². The van der Waals surface area contributed by atoms with Gasteiger partial charge in [0.05, 0.1) is 11.6 Å². The van der Waals surface area contributed by atoms with Crippen molar-refractivity contribution in [1.82, 2.24) is 4.98 Å². The van der Waals surface area contributed by atoms with Crippen molar-refractivity contribution in [2.45, 2.75) is 39.0 Å². The average Bonchev–Trinajstić information content (AvgIpc) is 2.56. The fourth-order valence-corrected chi connectivity index (χ4v) is 3.11. The van der Waals surface area contributed by atoms with Gasteiger partial charge in [0.2, 0.25) is 0 Å². The Hall–Kier alpha value is -2.41. The second kappa shape index (κ2) is 6.60. The summed E-state index contributed by atoms with van der Waals surface area (Å²) >= 11 is 0.